The van der Waals surface area contributed by atoms with E-state index in [2.05, 4.69) is 25.9 Å². The van der Waals surface area contributed by atoms with E-state index in [0.29, 0.717) is 5.69 Å². The van der Waals surface area contributed by atoms with Crippen LogP contribution in [0.25, 0.3) is 16.6 Å². The molecule has 0 aliphatic rings. The molecular formula is C22H18BrN3O. The SMILES string of the molecule is Cc1nc(C(=O)Cc2ccc3ccccc3n2)c(C)n1-c1ccccc1Br. The largest absolute Gasteiger partial charge is 0.299 e. The number of Topliss-reactive ketones (excluding diaryl/α,β-unsaturated/α-hetero) is 1. The van der Waals surface area contributed by atoms with E-state index in [4.69, 9.17) is 0 Å². The molecule has 2 aromatic carbocycles. The smallest absolute Gasteiger partial charge is 0.188 e. The average Bonchev–Trinajstić information content (AvgIpc) is 2.96. The Morgan fingerprint density at radius 3 is 2.52 bits per heavy atom. The standard InChI is InChI=1S/C22H18BrN3O/c1-14-22(24-15(2)26(14)20-10-6-4-8-18(20)23)21(27)13-17-12-11-16-7-3-5-9-19(16)25-17/h3-12H,13H2,1-2H3. The van der Waals surface area contributed by atoms with Gasteiger partial charge in [0.2, 0.25) is 0 Å². The third-order valence-corrected chi connectivity index (χ3v) is 5.30. The Balaban J connectivity index is 1.68. The number of benzene rings is 2. The molecule has 0 radical (unpaired) electrons. The molecule has 27 heavy (non-hydrogen) atoms. The summed E-state index contributed by atoms with van der Waals surface area (Å²) in [6.07, 6.45) is 0.234. The number of fused-ring (bicyclic) bond motifs is 1. The van der Waals surface area contributed by atoms with Gasteiger partial charge in [0.15, 0.2) is 5.78 Å². The van der Waals surface area contributed by atoms with Crippen LogP contribution in [0.3, 0.4) is 0 Å². The highest BCUT2D eigenvalue weighted by Gasteiger charge is 2.20. The summed E-state index contributed by atoms with van der Waals surface area (Å²) in [4.78, 5) is 22.1. The van der Waals surface area contributed by atoms with E-state index in [9.17, 15) is 4.79 Å². The number of hydrogen-bond acceptors (Lipinski definition) is 3. The molecule has 4 rings (SSSR count). The van der Waals surface area contributed by atoms with Gasteiger partial charge in [-0.25, -0.2) is 4.98 Å². The monoisotopic (exact) mass is 419 g/mol. The van der Waals surface area contributed by atoms with Crippen molar-refractivity contribution in [1.82, 2.24) is 14.5 Å². The van der Waals surface area contributed by atoms with Crippen LogP contribution in [0.2, 0.25) is 0 Å². The van der Waals surface area contributed by atoms with Crippen molar-refractivity contribution in [3.05, 3.63) is 88.0 Å². The Morgan fingerprint density at radius 2 is 1.70 bits per heavy atom. The normalized spacial score (nSPS) is 11.1. The molecule has 0 spiro atoms. The summed E-state index contributed by atoms with van der Waals surface area (Å²) in [6, 6.07) is 19.7. The highest BCUT2D eigenvalue weighted by Crippen LogP contribution is 2.25. The Kier molecular flexibility index (Phi) is 4.62. The average molecular weight is 420 g/mol. The van der Waals surface area contributed by atoms with Crippen LogP contribution in [0.5, 0.6) is 0 Å². The molecule has 4 aromatic rings. The molecule has 0 aliphatic carbocycles. The molecular weight excluding hydrogens is 402 g/mol. The number of imidazole rings is 1. The third-order valence-electron chi connectivity index (χ3n) is 4.63. The first-order valence-corrected chi connectivity index (χ1v) is 9.52. The molecule has 2 heterocycles. The van der Waals surface area contributed by atoms with Gasteiger partial charge in [-0.15, -0.1) is 0 Å². The Morgan fingerprint density at radius 1 is 0.963 bits per heavy atom. The van der Waals surface area contributed by atoms with Crippen LogP contribution in [-0.2, 0) is 6.42 Å². The minimum absolute atomic E-state index is 0.0239. The van der Waals surface area contributed by atoms with Crippen molar-refractivity contribution in [1.29, 1.82) is 0 Å². The molecule has 0 amide bonds. The number of pyridine rings is 1. The summed E-state index contributed by atoms with van der Waals surface area (Å²) < 4.78 is 2.97. The van der Waals surface area contributed by atoms with Crippen molar-refractivity contribution in [3.8, 4) is 5.69 Å². The maximum absolute atomic E-state index is 12.9. The fourth-order valence-electron chi connectivity index (χ4n) is 3.35. The van der Waals surface area contributed by atoms with E-state index in [-0.39, 0.29) is 12.2 Å². The second-order valence-electron chi connectivity index (χ2n) is 6.48. The maximum atomic E-state index is 12.9. The number of halogens is 1. The molecule has 0 unspecified atom stereocenters. The van der Waals surface area contributed by atoms with Gasteiger partial charge in [0.25, 0.3) is 0 Å². The quantitative estimate of drug-likeness (QED) is 0.425. The lowest BCUT2D eigenvalue weighted by Gasteiger charge is -2.10. The lowest BCUT2D eigenvalue weighted by atomic mass is 10.1. The topological polar surface area (TPSA) is 47.8 Å². The fourth-order valence-corrected chi connectivity index (χ4v) is 3.81. The van der Waals surface area contributed by atoms with Crippen molar-refractivity contribution < 1.29 is 4.79 Å². The highest BCUT2D eigenvalue weighted by atomic mass is 79.9. The van der Waals surface area contributed by atoms with Crippen LogP contribution >= 0.6 is 15.9 Å². The van der Waals surface area contributed by atoms with Gasteiger partial charge in [-0.3, -0.25) is 14.3 Å². The van der Waals surface area contributed by atoms with E-state index >= 15 is 0 Å². The first-order chi connectivity index (χ1) is 13.0. The van der Waals surface area contributed by atoms with Crippen LogP contribution in [0.4, 0.5) is 0 Å². The summed E-state index contributed by atoms with van der Waals surface area (Å²) in [5.41, 5.74) is 3.96. The molecule has 2 aromatic heterocycles. The molecule has 5 heteroatoms. The zero-order valence-electron chi connectivity index (χ0n) is 15.1. The van der Waals surface area contributed by atoms with Gasteiger partial charge >= 0.3 is 0 Å². The van der Waals surface area contributed by atoms with E-state index in [1.54, 1.807) is 0 Å². The Bertz CT molecular complexity index is 1160. The first-order valence-electron chi connectivity index (χ1n) is 8.73. The predicted octanol–water partition coefficient (Wildman–Crippen LogP) is 5.23. The van der Waals surface area contributed by atoms with E-state index in [1.165, 1.54) is 0 Å². The van der Waals surface area contributed by atoms with E-state index in [0.717, 1.165) is 38.3 Å². The van der Waals surface area contributed by atoms with Crippen molar-refractivity contribution in [3.63, 3.8) is 0 Å². The zero-order chi connectivity index (χ0) is 19.0. The van der Waals surface area contributed by atoms with Gasteiger partial charge in [-0.05, 0) is 54.0 Å². The lowest BCUT2D eigenvalue weighted by molar-refractivity contribution is 0.0987. The summed E-state index contributed by atoms with van der Waals surface area (Å²) >= 11 is 3.58. The molecule has 0 N–H and O–H groups in total. The third kappa shape index (κ3) is 3.30. The highest BCUT2D eigenvalue weighted by molar-refractivity contribution is 9.10. The fraction of sp³-hybridized carbons (Fsp3) is 0.136. The first kappa shape index (κ1) is 17.6. The van der Waals surface area contributed by atoms with Crippen LogP contribution < -0.4 is 0 Å². The predicted molar refractivity (Wildman–Crippen MR) is 111 cm³/mol. The van der Waals surface area contributed by atoms with E-state index in [1.807, 2.05) is 79.1 Å². The van der Waals surface area contributed by atoms with E-state index < -0.39 is 0 Å². The molecule has 0 saturated carbocycles. The number of aryl methyl sites for hydroxylation is 1. The van der Waals surface area contributed by atoms with Gasteiger partial charge in [0.1, 0.15) is 11.5 Å². The van der Waals surface area contributed by atoms with Gasteiger partial charge < -0.3 is 0 Å². The molecule has 4 nitrogen and oxygen atoms in total. The summed E-state index contributed by atoms with van der Waals surface area (Å²) in [5.74, 6) is 0.762. The van der Waals surface area contributed by atoms with Crippen LogP contribution in [0, 0.1) is 13.8 Å². The number of aromatic nitrogens is 3. The number of nitrogens with zero attached hydrogens (tertiary/aromatic N) is 3. The number of carbonyl (C=O) groups excluding carboxylic acids is 1. The maximum Gasteiger partial charge on any atom is 0.188 e. The minimum Gasteiger partial charge on any atom is -0.299 e. The van der Waals surface area contributed by atoms with Gasteiger partial charge in [0.05, 0.1) is 23.3 Å². The number of hydrogen-bond donors (Lipinski definition) is 0. The Labute approximate surface area is 166 Å². The van der Waals surface area contributed by atoms with Crippen molar-refractivity contribution >= 4 is 32.6 Å². The number of para-hydroxylation sites is 2. The lowest BCUT2D eigenvalue weighted by Crippen LogP contribution is -2.08. The zero-order valence-corrected chi connectivity index (χ0v) is 16.7. The van der Waals surface area contributed by atoms with Gasteiger partial charge in [-0.1, -0.05) is 36.4 Å². The second kappa shape index (κ2) is 7.08. The van der Waals surface area contributed by atoms with Crippen LogP contribution in [0.15, 0.2) is 65.1 Å². The summed E-state index contributed by atoms with van der Waals surface area (Å²) in [7, 11) is 0. The number of carbonyl (C=O) groups is 1. The van der Waals surface area contributed by atoms with Crippen molar-refractivity contribution in [2.24, 2.45) is 0 Å². The molecule has 0 fully saturated rings. The molecule has 0 aliphatic heterocycles. The Hall–Kier alpha value is -2.79. The molecule has 0 saturated heterocycles. The van der Waals surface area contributed by atoms with Gasteiger partial charge in [-0.2, -0.15) is 0 Å². The summed E-state index contributed by atoms with van der Waals surface area (Å²) in [6.45, 7) is 3.85. The van der Waals surface area contributed by atoms with Crippen molar-refractivity contribution in [2.75, 3.05) is 0 Å². The van der Waals surface area contributed by atoms with Crippen LogP contribution in [0.1, 0.15) is 27.7 Å². The van der Waals surface area contributed by atoms with Gasteiger partial charge in [0, 0.05) is 15.6 Å². The molecule has 0 atom stereocenters. The van der Waals surface area contributed by atoms with Crippen LogP contribution in [-0.4, -0.2) is 20.3 Å². The van der Waals surface area contributed by atoms with Crippen molar-refractivity contribution in [2.45, 2.75) is 20.3 Å². The second-order valence-corrected chi connectivity index (χ2v) is 7.33. The molecule has 0 bridgehead atoms. The number of ketones is 1. The minimum atomic E-state index is -0.0239. The molecule has 134 valence electrons. The number of rotatable bonds is 4. The summed E-state index contributed by atoms with van der Waals surface area (Å²) in [5, 5.41) is 1.07.